The van der Waals surface area contributed by atoms with Gasteiger partial charge in [0.1, 0.15) is 0 Å². The third-order valence-electron chi connectivity index (χ3n) is 3.71. The maximum atomic E-state index is 11.9. The summed E-state index contributed by atoms with van der Waals surface area (Å²) in [6.07, 6.45) is 2.34. The lowest BCUT2D eigenvalue weighted by Gasteiger charge is -2.23. The van der Waals surface area contributed by atoms with Gasteiger partial charge in [0.2, 0.25) is 0 Å². The zero-order valence-corrected chi connectivity index (χ0v) is 12.9. The van der Waals surface area contributed by atoms with E-state index in [1.165, 1.54) is 18.4 Å². The Labute approximate surface area is 125 Å². The van der Waals surface area contributed by atoms with Crippen LogP contribution in [-0.4, -0.2) is 25.0 Å². The van der Waals surface area contributed by atoms with Gasteiger partial charge in [-0.2, -0.15) is 0 Å². The lowest BCUT2D eigenvalue weighted by atomic mass is 9.91. The van der Waals surface area contributed by atoms with Crippen molar-refractivity contribution in [3.63, 3.8) is 0 Å². The van der Waals surface area contributed by atoms with Crippen molar-refractivity contribution >= 4 is 11.9 Å². The van der Waals surface area contributed by atoms with Crippen LogP contribution in [0.4, 0.5) is 0 Å². The maximum Gasteiger partial charge on any atom is 0.345 e. The molecule has 1 heterocycles. The van der Waals surface area contributed by atoms with Crippen LogP contribution in [0.1, 0.15) is 55.5 Å². The van der Waals surface area contributed by atoms with E-state index in [9.17, 15) is 9.59 Å². The highest BCUT2D eigenvalue weighted by Gasteiger charge is 2.26. The molecule has 1 aromatic rings. The minimum Gasteiger partial charge on any atom is -0.389 e. The zero-order valence-electron chi connectivity index (χ0n) is 12.9. The molecule has 1 saturated heterocycles. The molecule has 4 heteroatoms. The second-order valence-corrected chi connectivity index (χ2v) is 6.59. The van der Waals surface area contributed by atoms with E-state index < -0.39 is 17.4 Å². The monoisotopic (exact) mass is 289 g/mol. The molecule has 0 aromatic heterocycles. The number of carbonyl (C=O) groups is 2. The highest BCUT2D eigenvalue weighted by atomic mass is 16.6. The first kappa shape index (κ1) is 15.7. The Balaban J connectivity index is 2.01. The molecule has 1 aliphatic heterocycles. The molecule has 0 radical (unpaired) electrons. The summed E-state index contributed by atoms with van der Waals surface area (Å²) < 4.78 is 4.90. The average molecular weight is 289 g/mol. The SMILES string of the molecule is CC(C)(C)C(=O)OC(=O)c1ccc(C2CCCNC2)cc1. The molecule has 1 fully saturated rings. The molecule has 4 nitrogen and oxygen atoms in total. The molecule has 0 bridgehead atoms. The molecule has 21 heavy (non-hydrogen) atoms. The Kier molecular flexibility index (Phi) is 4.78. The maximum absolute atomic E-state index is 11.9. The molecular weight excluding hydrogens is 266 g/mol. The summed E-state index contributed by atoms with van der Waals surface area (Å²) in [5.74, 6) is -0.587. The molecule has 1 aromatic carbocycles. The second kappa shape index (κ2) is 6.39. The summed E-state index contributed by atoms with van der Waals surface area (Å²) in [5, 5.41) is 3.38. The van der Waals surface area contributed by atoms with Gasteiger partial charge >= 0.3 is 11.9 Å². The number of ether oxygens (including phenoxy) is 1. The van der Waals surface area contributed by atoms with Crippen LogP contribution >= 0.6 is 0 Å². The van der Waals surface area contributed by atoms with Crippen LogP contribution in [0.15, 0.2) is 24.3 Å². The van der Waals surface area contributed by atoms with E-state index in [1.807, 2.05) is 12.1 Å². The first-order chi connectivity index (χ1) is 9.88. The fraction of sp³-hybridized carbons (Fsp3) is 0.529. The van der Waals surface area contributed by atoms with Gasteiger partial charge in [-0.05, 0) is 63.8 Å². The summed E-state index contributed by atoms with van der Waals surface area (Å²) in [6, 6.07) is 7.38. The molecule has 1 N–H and O–H groups in total. The molecule has 2 rings (SSSR count). The Bertz CT molecular complexity index is 508. The summed E-state index contributed by atoms with van der Waals surface area (Å²) >= 11 is 0. The van der Waals surface area contributed by atoms with E-state index >= 15 is 0 Å². The summed E-state index contributed by atoms with van der Waals surface area (Å²) in [4.78, 5) is 23.6. The minimum atomic E-state index is -0.677. The predicted octanol–water partition coefficient (Wildman–Crippen LogP) is 2.88. The largest absolute Gasteiger partial charge is 0.389 e. The molecule has 1 aliphatic rings. The van der Waals surface area contributed by atoms with Crippen molar-refractivity contribution in [1.82, 2.24) is 5.32 Å². The highest BCUT2D eigenvalue weighted by Crippen LogP contribution is 2.24. The molecule has 0 aliphatic carbocycles. The van der Waals surface area contributed by atoms with Crippen molar-refractivity contribution in [3.05, 3.63) is 35.4 Å². The number of hydrogen-bond donors (Lipinski definition) is 1. The average Bonchev–Trinajstić information content (AvgIpc) is 2.47. The van der Waals surface area contributed by atoms with Crippen molar-refractivity contribution in [2.75, 3.05) is 13.1 Å². The van der Waals surface area contributed by atoms with Crippen molar-refractivity contribution in [3.8, 4) is 0 Å². The first-order valence-electron chi connectivity index (χ1n) is 7.45. The predicted molar refractivity (Wildman–Crippen MR) is 81.2 cm³/mol. The Morgan fingerprint density at radius 2 is 1.86 bits per heavy atom. The first-order valence-corrected chi connectivity index (χ1v) is 7.45. The molecule has 114 valence electrons. The molecular formula is C17H23NO3. The van der Waals surface area contributed by atoms with Crippen molar-refractivity contribution in [2.45, 2.75) is 39.5 Å². The minimum absolute atomic E-state index is 0.417. The van der Waals surface area contributed by atoms with Gasteiger partial charge in [-0.1, -0.05) is 12.1 Å². The highest BCUT2D eigenvalue weighted by molar-refractivity contribution is 5.98. The van der Waals surface area contributed by atoms with E-state index in [1.54, 1.807) is 32.9 Å². The van der Waals surface area contributed by atoms with Gasteiger partial charge in [-0.15, -0.1) is 0 Å². The molecule has 0 spiro atoms. The van der Waals surface area contributed by atoms with Crippen LogP contribution in [0.2, 0.25) is 0 Å². The van der Waals surface area contributed by atoms with Gasteiger partial charge in [-0.25, -0.2) is 4.79 Å². The number of rotatable bonds is 2. The Morgan fingerprint density at radius 3 is 2.38 bits per heavy atom. The van der Waals surface area contributed by atoms with Crippen LogP contribution < -0.4 is 5.32 Å². The van der Waals surface area contributed by atoms with Gasteiger partial charge in [0.15, 0.2) is 0 Å². The number of esters is 2. The number of nitrogens with one attached hydrogen (secondary N) is 1. The number of carbonyl (C=O) groups excluding carboxylic acids is 2. The number of piperidine rings is 1. The van der Waals surface area contributed by atoms with E-state index in [-0.39, 0.29) is 0 Å². The van der Waals surface area contributed by atoms with Crippen molar-refractivity contribution < 1.29 is 14.3 Å². The lowest BCUT2D eigenvalue weighted by Crippen LogP contribution is -2.28. The van der Waals surface area contributed by atoms with E-state index in [0.29, 0.717) is 11.5 Å². The summed E-state index contributed by atoms with van der Waals surface area (Å²) in [6.45, 7) is 7.23. The fourth-order valence-electron chi connectivity index (χ4n) is 2.32. The molecule has 0 saturated carbocycles. The van der Waals surface area contributed by atoms with E-state index in [4.69, 9.17) is 4.74 Å². The Hall–Kier alpha value is -1.68. The topological polar surface area (TPSA) is 55.4 Å². The quantitative estimate of drug-likeness (QED) is 0.672. The van der Waals surface area contributed by atoms with Gasteiger partial charge < -0.3 is 10.1 Å². The summed E-state index contributed by atoms with van der Waals surface area (Å²) in [5.41, 5.74) is 0.963. The van der Waals surface area contributed by atoms with Crippen molar-refractivity contribution in [2.24, 2.45) is 5.41 Å². The summed E-state index contributed by atoms with van der Waals surface area (Å²) in [7, 11) is 0. The van der Waals surface area contributed by atoms with Crippen LogP contribution in [0.5, 0.6) is 0 Å². The Morgan fingerprint density at radius 1 is 1.19 bits per heavy atom. The third-order valence-corrected chi connectivity index (χ3v) is 3.71. The third kappa shape index (κ3) is 4.14. The van der Waals surface area contributed by atoms with E-state index in [2.05, 4.69) is 5.32 Å². The fourth-order valence-corrected chi connectivity index (χ4v) is 2.32. The normalized spacial score (nSPS) is 19.1. The molecule has 1 atom stereocenters. The molecule has 0 amide bonds. The lowest BCUT2D eigenvalue weighted by molar-refractivity contribution is -0.146. The van der Waals surface area contributed by atoms with Gasteiger partial charge in [-0.3, -0.25) is 4.79 Å². The van der Waals surface area contributed by atoms with E-state index in [0.717, 1.165) is 13.1 Å². The van der Waals surface area contributed by atoms with Crippen LogP contribution in [0.3, 0.4) is 0 Å². The number of hydrogen-bond acceptors (Lipinski definition) is 4. The smallest absolute Gasteiger partial charge is 0.345 e. The second-order valence-electron chi connectivity index (χ2n) is 6.59. The van der Waals surface area contributed by atoms with Gasteiger partial charge in [0.25, 0.3) is 0 Å². The van der Waals surface area contributed by atoms with Crippen LogP contribution in [0, 0.1) is 5.41 Å². The van der Waals surface area contributed by atoms with Crippen LogP contribution in [-0.2, 0) is 9.53 Å². The van der Waals surface area contributed by atoms with Crippen molar-refractivity contribution in [1.29, 1.82) is 0 Å². The number of benzene rings is 1. The zero-order chi connectivity index (χ0) is 15.5. The molecule has 1 unspecified atom stereocenters. The van der Waals surface area contributed by atoms with Crippen LogP contribution in [0.25, 0.3) is 0 Å². The van der Waals surface area contributed by atoms with Gasteiger partial charge in [0, 0.05) is 6.54 Å². The standard InChI is InChI=1S/C17H23NO3/c1-17(2,3)16(20)21-15(19)13-8-6-12(7-9-13)14-5-4-10-18-11-14/h6-9,14,18H,4-5,10-11H2,1-3H3. The van der Waals surface area contributed by atoms with Gasteiger partial charge in [0.05, 0.1) is 11.0 Å².